The van der Waals surface area contributed by atoms with Gasteiger partial charge in [-0.25, -0.2) is 4.99 Å². The van der Waals surface area contributed by atoms with Crippen LogP contribution in [0.15, 0.2) is 46.9 Å². The Balaban J connectivity index is 0.00000261. The maximum Gasteiger partial charge on any atom is 0.241 e. The van der Waals surface area contributed by atoms with Crippen molar-refractivity contribution in [3.05, 3.63) is 52.6 Å². The molecule has 1 amide bonds. The topological polar surface area (TPSA) is 86.9 Å². The summed E-state index contributed by atoms with van der Waals surface area (Å²) in [6.07, 6.45) is 1.90. The number of fused-ring (bicyclic) bond motifs is 1. The van der Waals surface area contributed by atoms with E-state index in [2.05, 4.69) is 25.8 Å². The third kappa shape index (κ3) is 5.89. The number of hydrogen-bond donors (Lipinski definition) is 2. The summed E-state index contributed by atoms with van der Waals surface area (Å²) in [4.78, 5) is 19.1. The van der Waals surface area contributed by atoms with Crippen LogP contribution in [0.5, 0.6) is 0 Å². The Labute approximate surface area is 178 Å². The molecule has 0 atom stereocenters. The molecule has 0 saturated heterocycles. The van der Waals surface area contributed by atoms with E-state index >= 15 is 0 Å². The number of pyridine rings is 1. The second-order valence-electron chi connectivity index (χ2n) is 5.78. The van der Waals surface area contributed by atoms with Crippen molar-refractivity contribution in [3.8, 4) is 0 Å². The maximum atomic E-state index is 11.8. The van der Waals surface area contributed by atoms with Gasteiger partial charge in [0.25, 0.3) is 0 Å². The van der Waals surface area contributed by atoms with Crippen molar-refractivity contribution >= 4 is 52.8 Å². The van der Waals surface area contributed by atoms with Crippen LogP contribution in [0, 0.1) is 0 Å². The van der Waals surface area contributed by atoms with Gasteiger partial charge in [0.05, 0.1) is 13.1 Å². The number of aromatic nitrogens is 3. The molecule has 0 unspecified atom stereocenters. The van der Waals surface area contributed by atoms with Gasteiger partial charge in [-0.2, -0.15) is 0 Å². The zero-order valence-corrected chi connectivity index (χ0v) is 18.3. The summed E-state index contributed by atoms with van der Waals surface area (Å²) in [7, 11) is 3.45. The van der Waals surface area contributed by atoms with Gasteiger partial charge in [0, 0.05) is 25.2 Å². The number of rotatable bonds is 6. The summed E-state index contributed by atoms with van der Waals surface area (Å²) in [5.41, 5.74) is 0.779. The highest BCUT2D eigenvalue weighted by atomic mass is 127. The summed E-state index contributed by atoms with van der Waals surface area (Å²) in [6.45, 7) is 1.16. The van der Waals surface area contributed by atoms with Crippen LogP contribution >= 0.6 is 35.3 Å². The van der Waals surface area contributed by atoms with E-state index in [4.69, 9.17) is 0 Å². The third-order valence-electron chi connectivity index (χ3n) is 3.68. The molecular weight excluding hydrogens is 477 g/mol. The van der Waals surface area contributed by atoms with Gasteiger partial charge in [0.2, 0.25) is 5.91 Å². The van der Waals surface area contributed by atoms with Gasteiger partial charge in [0.1, 0.15) is 6.54 Å². The van der Waals surface area contributed by atoms with Crippen LogP contribution in [-0.2, 0) is 17.9 Å². The second-order valence-corrected chi connectivity index (χ2v) is 6.82. The summed E-state index contributed by atoms with van der Waals surface area (Å²) in [6, 6.07) is 9.79. The number of amides is 1. The molecular formula is C17H22IN7OS. The maximum absolute atomic E-state index is 11.8. The van der Waals surface area contributed by atoms with E-state index in [0.29, 0.717) is 19.0 Å². The molecule has 0 fully saturated rings. The first-order valence-electron chi connectivity index (χ1n) is 8.17. The number of hydrogen-bond acceptors (Lipinski definition) is 5. The Morgan fingerprint density at radius 3 is 2.81 bits per heavy atom. The predicted octanol–water partition coefficient (Wildman–Crippen LogP) is 1.73. The Bertz CT molecular complexity index is 892. The molecule has 3 rings (SSSR count). The van der Waals surface area contributed by atoms with Gasteiger partial charge in [0.15, 0.2) is 17.4 Å². The summed E-state index contributed by atoms with van der Waals surface area (Å²) in [5, 5.41) is 16.6. The van der Waals surface area contributed by atoms with Crippen LogP contribution in [0.3, 0.4) is 0 Å². The van der Waals surface area contributed by atoms with Crippen molar-refractivity contribution in [1.82, 2.24) is 30.1 Å². The first-order valence-corrected chi connectivity index (χ1v) is 9.05. The van der Waals surface area contributed by atoms with E-state index in [1.807, 2.05) is 46.3 Å². The minimum atomic E-state index is -0.0245. The minimum absolute atomic E-state index is 0. The highest BCUT2D eigenvalue weighted by Crippen LogP contribution is 2.07. The first-order chi connectivity index (χ1) is 12.6. The molecule has 2 N–H and O–H groups in total. The van der Waals surface area contributed by atoms with Crippen LogP contribution in [0.2, 0.25) is 0 Å². The highest BCUT2D eigenvalue weighted by molar-refractivity contribution is 14.0. The van der Waals surface area contributed by atoms with E-state index in [1.165, 1.54) is 9.78 Å². The SMILES string of the molecule is CN(C)C(=O)CNC(=NCc1nnc2ccccn12)NCc1cccs1.I. The molecule has 0 aliphatic rings. The van der Waals surface area contributed by atoms with E-state index in [-0.39, 0.29) is 36.4 Å². The first kappa shape index (κ1) is 21.1. The Morgan fingerprint density at radius 1 is 1.22 bits per heavy atom. The van der Waals surface area contributed by atoms with Crippen LogP contribution in [0.25, 0.3) is 5.65 Å². The number of likely N-dealkylation sites (N-methyl/N-ethyl adjacent to an activating group) is 1. The van der Waals surface area contributed by atoms with Crippen LogP contribution < -0.4 is 10.6 Å². The van der Waals surface area contributed by atoms with E-state index in [9.17, 15) is 4.79 Å². The van der Waals surface area contributed by atoms with Gasteiger partial charge in [-0.1, -0.05) is 12.1 Å². The van der Waals surface area contributed by atoms with Gasteiger partial charge in [-0.15, -0.1) is 45.5 Å². The fraction of sp³-hybridized carbons (Fsp3) is 0.294. The molecule has 0 aromatic carbocycles. The summed E-state index contributed by atoms with van der Waals surface area (Å²) >= 11 is 1.67. The van der Waals surface area contributed by atoms with Gasteiger partial charge < -0.3 is 15.5 Å². The molecule has 0 aliphatic carbocycles. The van der Waals surface area contributed by atoms with Crippen molar-refractivity contribution in [2.75, 3.05) is 20.6 Å². The number of aliphatic imine (C=N–C) groups is 1. The molecule has 27 heavy (non-hydrogen) atoms. The molecule has 0 spiro atoms. The zero-order valence-electron chi connectivity index (χ0n) is 15.1. The smallest absolute Gasteiger partial charge is 0.241 e. The number of nitrogens with one attached hydrogen (secondary N) is 2. The van der Waals surface area contributed by atoms with Crippen LogP contribution in [0.4, 0.5) is 0 Å². The molecule has 3 aromatic rings. The van der Waals surface area contributed by atoms with E-state index < -0.39 is 0 Å². The molecule has 3 heterocycles. The zero-order chi connectivity index (χ0) is 18.4. The Kier molecular flexibility index (Phi) is 7.98. The fourth-order valence-electron chi connectivity index (χ4n) is 2.22. The van der Waals surface area contributed by atoms with Gasteiger partial charge >= 0.3 is 0 Å². The third-order valence-corrected chi connectivity index (χ3v) is 4.56. The average Bonchev–Trinajstić information content (AvgIpc) is 3.30. The second kappa shape index (κ2) is 10.2. The fourth-order valence-corrected chi connectivity index (χ4v) is 2.87. The lowest BCUT2D eigenvalue weighted by Crippen LogP contribution is -2.42. The quantitative estimate of drug-likeness (QED) is 0.307. The average molecular weight is 499 g/mol. The lowest BCUT2D eigenvalue weighted by atomic mass is 10.4. The van der Waals surface area contributed by atoms with Crippen molar-refractivity contribution < 1.29 is 4.79 Å². The molecule has 3 aromatic heterocycles. The van der Waals surface area contributed by atoms with Gasteiger partial charge in [-0.05, 0) is 23.6 Å². The molecule has 10 heteroatoms. The van der Waals surface area contributed by atoms with Crippen molar-refractivity contribution in [1.29, 1.82) is 0 Å². The monoisotopic (exact) mass is 499 g/mol. The Hall–Kier alpha value is -2.21. The number of carbonyl (C=O) groups excluding carboxylic acids is 1. The Morgan fingerprint density at radius 2 is 2.07 bits per heavy atom. The molecule has 0 aliphatic heterocycles. The highest BCUT2D eigenvalue weighted by Gasteiger charge is 2.08. The number of nitrogens with zero attached hydrogens (tertiary/aromatic N) is 5. The van der Waals surface area contributed by atoms with E-state index in [0.717, 1.165) is 11.5 Å². The number of carbonyl (C=O) groups is 1. The van der Waals surface area contributed by atoms with E-state index in [1.54, 1.807) is 25.4 Å². The minimum Gasteiger partial charge on any atom is -0.351 e. The number of guanidine groups is 1. The van der Waals surface area contributed by atoms with Crippen molar-refractivity contribution in [2.45, 2.75) is 13.1 Å². The normalized spacial score (nSPS) is 11.1. The lowest BCUT2D eigenvalue weighted by Gasteiger charge is -2.14. The predicted molar refractivity (Wildman–Crippen MR) is 117 cm³/mol. The molecule has 0 radical (unpaired) electrons. The lowest BCUT2D eigenvalue weighted by molar-refractivity contribution is -0.127. The number of halogens is 1. The molecule has 8 nitrogen and oxygen atoms in total. The molecule has 144 valence electrons. The molecule has 0 saturated carbocycles. The molecule has 0 bridgehead atoms. The van der Waals surface area contributed by atoms with Crippen LogP contribution in [0.1, 0.15) is 10.7 Å². The summed E-state index contributed by atoms with van der Waals surface area (Å²) in [5.74, 6) is 1.27. The van der Waals surface area contributed by atoms with Gasteiger partial charge in [-0.3, -0.25) is 9.20 Å². The largest absolute Gasteiger partial charge is 0.351 e. The van der Waals surface area contributed by atoms with Crippen LogP contribution in [-0.4, -0.2) is 52.0 Å². The summed E-state index contributed by atoms with van der Waals surface area (Å²) < 4.78 is 1.89. The standard InChI is InChI=1S/C17H21N7OS.HI/c1-23(2)16(25)12-20-17(18-10-13-6-5-9-26-13)19-11-15-22-21-14-7-3-4-8-24(14)15;/h3-9H,10-12H2,1-2H3,(H2,18,19,20);1H. The number of thiophene rings is 1. The van der Waals surface area contributed by atoms with Crippen molar-refractivity contribution in [3.63, 3.8) is 0 Å². The van der Waals surface area contributed by atoms with Crippen molar-refractivity contribution in [2.24, 2.45) is 4.99 Å².